The Kier molecular flexibility index (Phi) is 5.92. The Morgan fingerprint density at radius 2 is 1.97 bits per heavy atom. The second-order valence-corrected chi connectivity index (χ2v) is 8.31. The highest BCUT2D eigenvalue weighted by molar-refractivity contribution is 5.92. The van der Waals surface area contributed by atoms with E-state index < -0.39 is 0 Å². The Balaban J connectivity index is 1.27. The molecule has 2 fully saturated rings. The largest absolute Gasteiger partial charge is 0.360 e. The Hall–Kier alpha value is -2.70. The van der Waals surface area contributed by atoms with Gasteiger partial charge in [0.2, 0.25) is 5.91 Å². The number of hydrogen-bond acceptors (Lipinski definition) is 5. The van der Waals surface area contributed by atoms with Gasteiger partial charge in [0.15, 0.2) is 5.69 Å². The molecule has 29 heavy (non-hydrogen) atoms. The molecule has 7 nitrogen and oxygen atoms in total. The first-order valence-corrected chi connectivity index (χ1v) is 10.5. The summed E-state index contributed by atoms with van der Waals surface area (Å²) in [6.45, 7) is 2.20. The van der Waals surface area contributed by atoms with Crippen LogP contribution in [0.1, 0.15) is 79.4 Å². The molecule has 0 spiro atoms. The van der Waals surface area contributed by atoms with Crippen molar-refractivity contribution in [2.45, 2.75) is 57.4 Å². The first-order valence-electron chi connectivity index (χ1n) is 10.5. The summed E-state index contributed by atoms with van der Waals surface area (Å²) in [7, 11) is 0. The molecule has 2 saturated carbocycles. The third-order valence-corrected chi connectivity index (χ3v) is 6.02. The van der Waals surface area contributed by atoms with Crippen molar-refractivity contribution >= 4 is 11.8 Å². The first-order chi connectivity index (χ1) is 14.1. The van der Waals surface area contributed by atoms with E-state index in [1.807, 2.05) is 18.2 Å². The molecule has 0 bridgehead atoms. The second kappa shape index (κ2) is 8.76. The van der Waals surface area contributed by atoms with Gasteiger partial charge in [-0.05, 0) is 62.5 Å². The van der Waals surface area contributed by atoms with E-state index in [9.17, 15) is 9.59 Å². The summed E-state index contributed by atoms with van der Waals surface area (Å²) in [6, 6.07) is 7.53. The standard InChI is InChI=1S/C22H28N4O3/c1-14(27)25-21(18-4-2-3-11-23-18)17-7-5-15(6-8-17)13-24-22(28)19-12-20(29-26-19)16-9-10-16/h2-4,11-12,15-17,21H,5-10,13H2,1H3,(H,24,28)(H,25,27)/t15?,17?,21-/m1/s1. The Morgan fingerprint density at radius 1 is 1.17 bits per heavy atom. The van der Waals surface area contributed by atoms with Gasteiger partial charge in [0, 0.05) is 31.6 Å². The lowest BCUT2D eigenvalue weighted by molar-refractivity contribution is -0.120. The SMILES string of the molecule is CC(=O)N[C@@H](c1ccccn1)C1CCC(CNC(=O)c2cc(C3CC3)on2)CC1. The summed E-state index contributed by atoms with van der Waals surface area (Å²) in [5, 5.41) is 9.99. The molecular weight excluding hydrogens is 368 g/mol. The molecule has 2 amide bonds. The van der Waals surface area contributed by atoms with Gasteiger partial charge < -0.3 is 15.2 Å². The molecule has 2 aromatic heterocycles. The van der Waals surface area contributed by atoms with Gasteiger partial charge in [0.1, 0.15) is 5.76 Å². The monoisotopic (exact) mass is 396 g/mol. The molecule has 0 saturated heterocycles. The van der Waals surface area contributed by atoms with Gasteiger partial charge in [-0.15, -0.1) is 0 Å². The van der Waals surface area contributed by atoms with Crippen LogP contribution in [-0.4, -0.2) is 28.5 Å². The van der Waals surface area contributed by atoms with Gasteiger partial charge >= 0.3 is 0 Å². The van der Waals surface area contributed by atoms with Crippen molar-refractivity contribution in [2.24, 2.45) is 11.8 Å². The smallest absolute Gasteiger partial charge is 0.273 e. The van der Waals surface area contributed by atoms with Gasteiger partial charge in [-0.2, -0.15) is 0 Å². The predicted octanol–water partition coefficient (Wildman–Crippen LogP) is 3.36. The fraction of sp³-hybridized carbons (Fsp3) is 0.545. The predicted molar refractivity (Wildman–Crippen MR) is 107 cm³/mol. The summed E-state index contributed by atoms with van der Waals surface area (Å²) in [4.78, 5) is 28.5. The maximum absolute atomic E-state index is 12.3. The van der Waals surface area contributed by atoms with Crippen LogP contribution in [0.25, 0.3) is 0 Å². The maximum atomic E-state index is 12.3. The van der Waals surface area contributed by atoms with Crippen LogP contribution in [0.15, 0.2) is 35.0 Å². The highest BCUT2D eigenvalue weighted by Crippen LogP contribution is 2.40. The van der Waals surface area contributed by atoms with Crippen molar-refractivity contribution in [3.63, 3.8) is 0 Å². The zero-order chi connectivity index (χ0) is 20.2. The van der Waals surface area contributed by atoms with Crippen molar-refractivity contribution in [2.75, 3.05) is 6.54 Å². The molecule has 4 rings (SSSR count). The number of amides is 2. The molecule has 1 atom stereocenters. The van der Waals surface area contributed by atoms with Crippen LogP contribution in [0.2, 0.25) is 0 Å². The number of nitrogens with one attached hydrogen (secondary N) is 2. The summed E-state index contributed by atoms with van der Waals surface area (Å²) in [5.74, 6) is 1.88. The molecule has 0 aliphatic heterocycles. The number of carbonyl (C=O) groups is 2. The van der Waals surface area contributed by atoms with Crippen molar-refractivity contribution in [1.82, 2.24) is 20.8 Å². The van der Waals surface area contributed by atoms with Crippen LogP contribution in [0.5, 0.6) is 0 Å². The zero-order valence-electron chi connectivity index (χ0n) is 16.8. The minimum atomic E-state index is -0.160. The van der Waals surface area contributed by atoms with Crippen LogP contribution < -0.4 is 10.6 Å². The summed E-state index contributed by atoms with van der Waals surface area (Å²) < 4.78 is 5.26. The van der Waals surface area contributed by atoms with E-state index >= 15 is 0 Å². The van der Waals surface area contributed by atoms with Crippen LogP contribution in [-0.2, 0) is 4.79 Å². The Morgan fingerprint density at radius 3 is 2.62 bits per heavy atom. The van der Waals surface area contributed by atoms with Crippen molar-refractivity contribution in [1.29, 1.82) is 0 Å². The highest BCUT2D eigenvalue weighted by Gasteiger charge is 2.31. The summed E-state index contributed by atoms with van der Waals surface area (Å²) in [6.07, 6.45) is 8.04. The minimum absolute atomic E-state index is 0.0341. The molecule has 0 radical (unpaired) electrons. The van der Waals surface area contributed by atoms with Crippen LogP contribution in [0.4, 0.5) is 0 Å². The van der Waals surface area contributed by atoms with Gasteiger partial charge in [0.25, 0.3) is 5.91 Å². The number of pyridine rings is 1. The Bertz CT molecular complexity index is 839. The molecule has 2 N–H and O–H groups in total. The van der Waals surface area contributed by atoms with E-state index in [1.54, 1.807) is 19.2 Å². The van der Waals surface area contributed by atoms with Crippen molar-refractivity contribution in [3.05, 3.63) is 47.6 Å². The van der Waals surface area contributed by atoms with Gasteiger partial charge in [-0.25, -0.2) is 0 Å². The number of carbonyl (C=O) groups excluding carboxylic acids is 2. The second-order valence-electron chi connectivity index (χ2n) is 8.31. The highest BCUT2D eigenvalue weighted by atomic mass is 16.5. The average Bonchev–Trinajstić information content (AvgIpc) is 3.48. The molecule has 2 aliphatic rings. The molecule has 2 aromatic rings. The molecule has 0 unspecified atom stereocenters. The quantitative estimate of drug-likeness (QED) is 0.748. The number of aromatic nitrogens is 2. The molecule has 2 aliphatic carbocycles. The number of hydrogen-bond donors (Lipinski definition) is 2. The molecular formula is C22H28N4O3. The third kappa shape index (κ3) is 5.02. The van der Waals surface area contributed by atoms with Gasteiger partial charge in [-0.3, -0.25) is 14.6 Å². The van der Waals surface area contributed by atoms with Crippen LogP contribution in [0, 0.1) is 11.8 Å². The maximum Gasteiger partial charge on any atom is 0.273 e. The topological polar surface area (TPSA) is 97.1 Å². The number of rotatable bonds is 7. The van der Waals surface area contributed by atoms with Crippen LogP contribution in [0.3, 0.4) is 0 Å². The zero-order valence-corrected chi connectivity index (χ0v) is 16.8. The first kappa shape index (κ1) is 19.6. The molecule has 0 aromatic carbocycles. The summed E-state index contributed by atoms with van der Waals surface area (Å²) in [5.41, 5.74) is 1.29. The average molecular weight is 396 g/mol. The molecule has 7 heteroatoms. The van der Waals surface area contributed by atoms with Gasteiger partial charge in [-0.1, -0.05) is 11.2 Å². The lowest BCUT2D eigenvalue weighted by Crippen LogP contribution is -2.36. The normalized spacial score (nSPS) is 22.7. The molecule has 154 valence electrons. The van der Waals surface area contributed by atoms with Crippen molar-refractivity contribution < 1.29 is 14.1 Å². The minimum Gasteiger partial charge on any atom is -0.360 e. The fourth-order valence-electron chi connectivity index (χ4n) is 4.22. The van der Waals surface area contributed by atoms with E-state index in [0.717, 1.165) is 50.0 Å². The lowest BCUT2D eigenvalue weighted by Gasteiger charge is -2.34. The summed E-state index contributed by atoms with van der Waals surface area (Å²) >= 11 is 0. The van der Waals surface area contributed by atoms with Gasteiger partial charge in [0.05, 0.1) is 11.7 Å². The van der Waals surface area contributed by atoms with Crippen molar-refractivity contribution in [3.8, 4) is 0 Å². The number of nitrogens with zero attached hydrogens (tertiary/aromatic N) is 2. The van der Waals surface area contributed by atoms with E-state index in [4.69, 9.17) is 4.52 Å². The Labute approximate surface area is 170 Å². The third-order valence-electron chi connectivity index (χ3n) is 6.02. The van der Waals surface area contributed by atoms with E-state index in [-0.39, 0.29) is 17.9 Å². The fourth-order valence-corrected chi connectivity index (χ4v) is 4.22. The molecule has 2 heterocycles. The van der Waals surface area contributed by atoms with Crippen LogP contribution >= 0.6 is 0 Å². The van der Waals surface area contributed by atoms with E-state index in [0.29, 0.717) is 30.0 Å². The van der Waals surface area contributed by atoms with E-state index in [1.165, 1.54) is 0 Å². The van der Waals surface area contributed by atoms with E-state index in [2.05, 4.69) is 20.8 Å². The lowest BCUT2D eigenvalue weighted by atomic mass is 9.77.